The van der Waals surface area contributed by atoms with Crippen LogP contribution in [0.15, 0.2) is 36.4 Å². The van der Waals surface area contributed by atoms with Crippen molar-refractivity contribution < 1.29 is 19.7 Å². The van der Waals surface area contributed by atoms with Crippen molar-refractivity contribution in [3.8, 4) is 22.6 Å². The molecular formula is C15H14O4. The quantitative estimate of drug-likeness (QED) is 0.887. The molecule has 2 N–H and O–H groups in total. The Kier molecular flexibility index (Phi) is 3.42. The van der Waals surface area contributed by atoms with E-state index < -0.39 is 5.97 Å². The Balaban J connectivity index is 2.59. The molecule has 0 aromatic heterocycles. The Hall–Kier alpha value is -2.49. The first-order valence-corrected chi connectivity index (χ1v) is 5.74. The molecule has 0 aliphatic heterocycles. The van der Waals surface area contributed by atoms with Gasteiger partial charge in [-0.1, -0.05) is 11.6 Å². The lowest BCUT2D eigenvalue weighted by molar-refractivity contribution is 0.0696. The zero-order valence-electron chi connectivity index (χ0n) is 10.7. The van der Waals surface area contributed by atoms with E-state index in [0.717, 1.165) is 11.1 Å². The monoisotopic (exact) mass is 258 g/mol. The standard InChI is InChI=1S/C15H14O4/c1-9-3-6-14(19-2)12(7-9)11-5-4-10(15(17)18)8-13(11)16/h3-8,16H,1-2H3,(H,17,18). The summed E-state index contributed by atoms with van der Waals surface area (Å²) in [5, 5.41) is 18.9. The van der Waals surface area contributed by atoms with Crippen molar-refractivity contribution in [2.45, 2.75) is 6.92 Å². The van der Waals surface area contributed by atoms with Gasteiger partial charge in [0.15, 0.2) is 0 Å². The third-order valence-electron chi connectivity index (χ3n) is 2.89. The first-order chi connectivity index (χ1) is 9.02. The van der Waals surface area contributed by atoms with Crippen LogP contribution < -0.4 is 4.74 Å². The van der Waals surface area contributed by atoms with Crippen LogP contribution in [-0.2, 0) is 0 Å². The number of hydrogen-bond acceptors (Lipinski definition) is 3. The number of rotatable bonds is 3. The normalized spacial score (nSPS) is 10.2. The van der Waals surface area contributed by atoms with Crippen molar-refractivity contribution >= 4 is 5.97 Å². The van der Waals surface area contributed by atoms with Gasteiger partial charge in [0.05, 0.1) is 12.7 Å². The van der Waals surface area contributed by atoms with Crippen molar-refractivity contribution in [3.63, 3.8) is 0 Å². The molecule has 0 unspecified atom stereocenters. The molecule has 98 valence electrons. The molecule has 0 fully saturated rings. The average molecular weight is 258 g/mol. The van der Waals surface area contributed by atoms with Crippen molar-refractivity contribution in [1.29, 1.82) is 0 Å². The molecule has 0 saturated heterocycles. The average Bonchev–Trinajstić information content (AvgIpc) is 2.38. The van der Waals surface area contributed by atoms with Gasteiger partial charge in [-0.3, -0.25) is 0 Å². The zero-order chi connectivity index (χ0) is 14.0. The van der Waals surface area contributed by atoms with Gasteiger partial charge in [0.1, 0.15) is 11.5 Å². The second-order valence-electron chi connectivity index (χ2n) is 4.24. The van der Waals surface area contributed by atoms with E-state index in [9.17, 15) is 9.90 Å². The van der Waals surface area contributed by atoms with Gasteiger partial charge in [0.25, 0.3) is 0 Å². The SMILES string of the molecule is COc1ccc(C)cc1-c1ccc(C(=O)O)cc1O. The van der Waals surface area contributed by atoms with E-state index in [1.165, 1.54) is 12.1 Å². The summed E-state index contributed by atoms with van der Waals surface area (Å²) < 4.78 is 5.26. The number of aryl methyl sites for hydroxylation is 1. The molecule has 2 aromatic carbocycles. The molecule has 0 radical (unpaired) electrons. The smallest absolute Gasteiger partial charge is 0.335 e. The largest absolute Gasteiger partial charge is 0.507 e. The van der Waals surface area contributed by atoms with Gasteiger partial charge in [0, 0.05) is 11.1 Å². The fraction of sp³-hybridized carbons (Fsp3) is 0.133. The number of phenols is 1. The zero-order valence-corrected chi connectivity index (χ0v) is 10.7. The summed E-state index contributed by atoms with van der Waals surface area (Å²) in [5.41, 5.74) is 2.35. The van der Waals surface area contributed by atoms with Gasteiger partial charge in [-0.05, 0) is 37.3 Å². The summed E-state index contributed by atoms with van der Waals surface area (Å²) in [4.78, 5) is 10.8. The maximum absolute atomic E-state index is 10.8. The molecule has 4 heteroatoms. The van der Waals surface area contributed by atoms with E-state index in [0.29, 0.717) is 11.3 Å². The lowest BCUT2D eigenvalue weighted by atomic mass is 10.00. The highest BCUT2D eigenvalue weighted by Gasteiger charge is 2.13. The van der Waals surface area contributed by atoms with Crippen LogP contribution in [0.2, 0.25) is 0 Å². The van der Waals surface area contributed by atoms with Crippen LogP contribution in [0.5, 0.6) is 11.5 Å². The highest BCUT2D eigenvalue weighted by Crippen LogP contribution is 2.36. The summed E-state index contributed by atoms with van der Waals surface area (Å²) in [5.74, 6) is -0.522. The molecule has 0 saturated carbocycles. The minimum Gasteiger partial charge on any atom is -0.507 e. The first-order valence-electron chi connectivity index (χ1n) is 5.74. The van der Waals surface area contributed by atoms with Gasteiger partial charge in [0.2, 0.25) is 0 Å². The molecule has 0 spiro atoms. The second-order valence-corrected chi connectivity index (χ2v) is 4.24. The number of aromatic hydroxyl groups is 1. The lowest BCUT2D eigenvalue weighted by Gasteiger charge is -2.11. The molecule has 0 amide bonds. The molecule has 0 atom stereocenters. The summed E-state index contributed by atoms with van der Waals surface area (Å²) in [6.45, 7) is 1.94. The highest BCUT2D eigenvalue weighted by molar-refractivity contribution is 5.90. The Morgan fingerprint density at radius 2 is 1.84 bits per heavy atom. The number of ether oxygens (including phenoxy) is 1. The van der Waals surface area contributed by atoms with Crippen LogP contribution in [0, 0.1) is 6.92 Å². The van der Waals surface area contributed by atoms with Crippen molar-refractivity contribution in [3.05, 3.63) is 47.5 Å². The minimum absolute atomic E-state index is 0.0490. The number of carboxylic acid groups (broad SMARTS) is 1. The molecule has 2 aromatic rings. The third kappa shape index (κ3) is 2.52. The molecule has 19 heavy (non-hydrogen) atoms. The van der Waals surface area contributed by atoms with E-state index in [-0.39, 0.29) is 11.3 Å². The summed E-state index contributed by atoms with van der Waals surface area (Å²) in [6, 6.07) is 9.88. The number of carboxylic acids is 1. The van der Waals surface area contributed by atoms with Crippen LogP contribution in [0.4, 0.5) is 0 Å². The van der Waals surface area contributed by atoms with Crippen LogP contribution in [0.1, 0.15) is 15.9 Å². The number of aromatic carboxylic acids is 1. The molecular weight excluding hydrogens is 244 g/mol. The number of hydrogen-bond donors (Lipinski definition) is 2. The molecule has 0 aliphatic carbocycles. The van der Waals surface area contributed by atoms with Gasteiger partial charge in [-0.2, -0.15) is 0 Å². The lowest BCUT2D eigenvalue weighted by Crippen LogP contribution is -1.96. The number of methoxy groups -OCH3 is 1. The number of phenolic OH excluding ortho intramolecular Hbond substituents is 1. The first kappa shape index (κ1) is 13.0. The maximum Gasteiger partial charge on any atom is 0.335 e. The van der Waals surface area contributed by atoms with Gasteiger partial charge < -0.3 is 14.9 Å². The third-order valence-corrected chi connectivity index (χ3v) is 2.89. The van der Waals surface area contributed by atoms with Crippen LogP contribution in [0.25, 0.3) is 11.1 Å². The Morgan fingerprint density at radius 1 is 1.11 bits per heavy atom. The predicted molar refractivity (Wildman–Crippen MR) is 71.8 cm³/mol. The summed E-state index contributed by atoms with van der Waals surface area (Å²) in [6.07, 6.45) is 0. The molecule has 2 rings (SSSR count). The van der Waals surface area contributed by atoms with Crippen molar-refractivity contribution in [1.82, 2.24) is 0 Å². The maximum atomic E-state index is 10.8. The van der Waals surface area contributed by atoms with E-state index in [4.69, 9.17) is 9.84 Å². The summed E-state index contributed by atoms with van der Waals surface area (Å²) >= 11 is 0. The van der Waals surface area contributed by atoms with E-state index >= 15 is 0 Å². The molecule has 0 aliphatic rings. The Bertz CT molecular complexity index is 632. The van der Waals surface area contributed by atoms with E-state index in [1.54, 1.807) is 13.2 Å². The molecule has 0 bridgehead atoms. The van der Waals surface area contributed by atoms with E-state index in [2.05, 4.69) is 0 Å². The predicted octanol–water partition coefficient (Wildman–Crippen LogP) is 3.07. The van der Waals surface area contributed by atoms with Crippen molar-refractivity contribution in [2.24, 2.45) is 0 Å². The Labute approximate surface area is 110 Å². The second kappa shape index (κ2) is 5.02. The van der Waals surface area contributed by atoms with Crippen LogP contribution >= 0.6 is 0 Å². The fourth-order valence-corrected chi connectivity index (χ4v) is 1.92. The van der Waals surface area contributed by atoms with Gasteiger partial charge in [-0.15, -0.1) is 0 Å². The fourth-order valence-electron chi connectivity index (χ4n) is 1.92. The molecule has 4 nitrogen and oxygen atoms in total. The van der Waals surface area contributed by atoms with Crippen LogP contribution in [0.3, 0.4) is 0 Å². The number of carbonyl (C=O) groups is 1. The van der Waals surface area contributed by atoms with E-state index in [1.807, 2.05) is 25.1 Å². The van der Waals surface area contributed by atoms with Gasteiger partial charge >= 0.3 is 5.97 Å². The summed E-state index contributed by atoms with van der Waals surface area (Å²) in [7, 11) is 1.55. The van der Waals surface area contributed by atoms with Crippen molar-refractivity contribution in [2.75, 3.05) is 7.11 Å². The minimum atomic E-state index is -1.07. The van der Waals surface area contributed by atoms with Gasteiger partial charge in [-0.25, -0.2) is 4.79 Å². The number of benzene rings is 2. The van der Waals surface area contributed by atoms with Crippen LogP contribution in [-0.4, -0.2) is 23.3 Å². The highest BCUT2D eigenvalue weighted by atomic mass is 16.5. The molecule has 0 heterocycles. The topological polar surface area (TPSA) is 66.8 Å². The Morgan fingerprint density at radius 3 is 2.42 bits per heavy atom.